The summed E-state index contributed by atoms with van der Waals surface area (Å²) < 4.78 is 133. The molecule has 33 heteroatoms. The predicted octanol–water partition coefficient (Wildman–Crippen LogP) is 17.5. The minimum absolute atomic E-state index is 0.118. The van der Waals surface area contributed by atoms with Gasteiger partial charge in [-0.05, 0) is 224 Å². The number of benzene rings is 11. The summed E-state index contributed by atoms with van der Waals surface area (Å²) in [5.41, 5.74) is 42.2. The van der Waals surface area contributed by atoms with Gasteiger partial charge in [-0.15, -0.1) is 0 Å². The summed E-state index contributed by atoms with van der Waals surface area (Å²) in [6.45, 7) is 21.7. The second-order valence-electron chi connectivity index (χ2n) is 27.0. The third-order valence-electron chi connectivity index (χ3n) is 16.3. The number of aryl methyl sites for hydroxylation is 11. The maximum absolute atomic E-state index is 12.4. The van der Waals surface area contributed by atoms with E-state index >= 15 is 0 Å². The number of nitrogen functional groups attached to an aromatic ring is 1. The van der Waals surface area contributed by atoms with Crippen LogP contribution in [-0.4, -0.2) is 111 Å². The highest BCUT2D eigenvalue weighted by atomic mass is 35.5. The van der Waals surface area contributed by atoms with Crippen LogP contribution in [0.1, 0.15) is 89.0 Å². The van der Waals surface area contributed by atoms with E-state index in [4.69, 9.17) is 100 Å². The lowest BCUT2D eigenvalue weighted by atomic mass is 10.1. The van der Waals surface area contributed by atoms with Crippen molar-refractivity contribution in [3.63, 3.8) is 0 Å². The number of nitrogens with zero attached hydrogens (tertiary/aromatic N) is 2. The molecule has 0 spiro atoms. The van der Waals surface area contributed by atoms with Crippen molar-refractivity contribution in [2.75, 3.05) is 46.4 Å². The molecule has 0 aliphatic rings. The van der Waals surface area contributed by atoms with E-state index in [-0.39, 0.29) is 27.4 Å². The second-order valence-corrected chi connectivity index (χ2v) is 38.2. The average Bonchev–Trinajstić information content (AvgIpc) is 0.844. The molecule has 660 valence electrons. The minimum atomic E-state index is -3.61. The average molecular weight is 1850 g/mol. The van der Waals surface area contributed by atoms with Gasteiger partial charge in [0.1, 0.15) is 30.3 Å². The van der Waals surface area contributed by atoms with Crippen LogP contribution in [0.2, 0.25) is 20.1 Å². The molecule has 0 fully saturated rings. The molecular formula is C89H110Cl4FN9O14S5. The largest absolute Gasteiger partial charge is 0.497 e. The molecule has 11 aromatic carbocycles. The zero-order valence-electron chi connectivity index (χ0n) is 71.4. The molecular weight excluding hydrogens is 1740 g/mol. The number of hydrogen-bond acceptors (Lipinski definition) is 19. The summed E-state index contributed by atoms with van der Waals surface area (Å²) in [6.07, 6.45) is 4.76. The van der Waals surface area contributed by atoms with E-state index in [1.54, 1.807) is 121 Å². The number of ether oxygens (including phenoxy) is 2. The van der Waals surface area contributed by atoms with Gasteiger partial charge in [-0.1, -0.05) is 206 Å². The van der Waals surface area contributed by atoms with Crippen LogP contribution in [-0.2, 0) is 67.3 Å². The molecule has 0 aliphatic carbocycles. The van der Waals surface area contributed by atoms with Gasteiger partial charge in [0.05, 0.1) is 43.7 Å². The Bertz CT molecular complexity index is 5840. The van der Waals surface area contributed by atoms with Crippen molar-refractivity contribution >= 4 is 113 Å². The Morgan fingerprint density at radius 1 is 0.393 bits per heavy atom. The molecule has 122 heavy (non-hydrogen) atoms. The molecule has 11 rings (SSSR count). The van der Waals surface area contributed by atoms with Gasteiger partial charge in [0.25, 0.3) is 0 Å². The maximum Gasteiger partial charge on any atom is 0.238 e. The topological polar surface area (TPSA) is 423 Å². The highest BCUT2D eigenvalue weighted by Crippen LogP contribution is 2.25. The van der Waals surface area contributed by atoms with Crippen LogP contribution in [0.5, 0.6) is 11.5 Å². The first kappa shape index (κ1) is 110. The summed E-state index contributed by atoms with van der Waals surface area (Å²) >= 11 is 22.4. The van der Waals surface area contributed by atoms with E-state index < -0.39 is 49.4 Å². The van der Waals surface area contributed by atoms with Crippen molar-refractivity contribution in [2.24, 2.45) is 44.1 Å². The molecule has 0 heterocycles. The van der Waals surface area contributed by atoms with Crippen molar-refractivity contribution in [2.45, 2.75) is 114 Å². The van der Waals surface area contributed by atoms with Crippen molar-refractivity contribution < 1.29 is 66.0 Å². The Kier molecular flexibility index (Phi) is 48.2. The zero-order chi connectivity index (χ0) is 93.2. The Labute approximate surface area is 740 Å². The molecule has 0 atom stereocenters. The quantitative estimate of drug-likeness (QED) is 0.0230. The molecule has 0 unspecified atom stereocenters. The van der Waals surface area contributed by atoms with Gasteiger partial charge in [-0.3, -0.25) is 5.41 Å². The normalized spacial score (nSPS) is 10.9. The van der Waals surface area contributed by atoms with Gasteiger partial charge in [-0.25, -0.2) is 51.6 Å². The lowest BCUT2D eigenvalue weighted by molar-refractivity contribution is 0.213. The fourth-order valence-corrected chi connectivity index (χ4v) is 15.7. The van der Waals surface area contributed by atoms with Gasteiger partial charge >= 0.3 is 0 Å². The molecule has 0 aromatic heterocycles. The lowest BCUT2D eigenvalue weighted by Crippen LogP contribution is -2.13. The third kappa shape index (κ3) is 42.5. The van der Waals surface area contributed by atoms with Crippen LogP contribution in [0.15, 0.2) is 265 Å². The Morgan fingerprint density at radius 2 is 0.787 bits per heavy atom. The molecule has 0 radical (unpaired) electrons. The number of halogens is 5. The molecule has 23 nitrogen and oxygen atoms in total. The van der Waals surface area contributed by atoms with E-state index in [0.29, 0.717) is 70.5 Å². The molecule has 11 aromatic rings. The molecule has 14 N–H and O–H groups in total. The Balaban J connectivity index is 0.000000672. The predicted molar refractivity (Wildman–Crippen MR) is 497 cm³/mol. The summed E-state index contributed by atoms with van der Waals surface area (Å²) in [5.74, 6) is 1.76. The van der Waals surface area contributed by atoms with Gasteiger partial charge in [0.2, 0.25) is 10.0 Å². The SMILES string of the molecule is CON=C(N)c1cccc(C)c1.COc1ccc(C)c(S(C)(=O)=O)c1.COc1cccc(C)c1CN.Cc1cc(Cl)ccc1S(C)(=O)=O.Cc1cc(Cl)ccc1S(N)(=O)=O.Cc1ccc(CN)cc1.Cc1ccc(Cl)cc1S(C)(=O)=O.Cc1ccc(F)c(Cl)c1.Cc1cccc(C(=N)N)c1.Cc1cccc(C(N)=NO)c1.Cc1ccccc1S(C)(=O)=O. The Morgan fingerprint density at radius 3 is 1.16 bits per heavy atom. The van der Waals surface area contributed by atoms with E-state index in [1.807, 2.05) is 126 Å². The molecule has 0 saturated heterocycles. The highest BCUT2D eigenvalue weighted by Gasteiger charge is 2.15. The first-order chi connectivity index (χ1) is 56.7. The van der Waals surface area contributed by atoms with Gasteiger partial charge < -0.3 is 48.2 Å². The van der Waals surface area contributed by atoms with Gasteiger partial charge in [0.15, 0.2) is 51.0 Å². The Hall–Kier alpha value is -10.3. The summed E-state index contributed by atoms with van der Waals surface area (Å²) in [5, 5.41) is 28.6. The summed E-state index contributed by atoms with van der Waals surface area (Å²) in [6, 6.07) is 67.6. The molecule has 0 saturated carbocycles. The van der Waals surface area contributed by atoms with Gasteiger partial charge in [0, 0.05) is 75.4 Å². The second kappa shape index (κ2) is 53.6. The van der Waals surface area contributed by atoms with Crippen molar-refractivity contribution in [3.8, 4) is 11.5 Å². The van der Waals surface area contributed by atoms with Crippen LogP contribution >= 0.6 is 46.4 Å². The smallest absolute Gasteiger partial charge is 0.238 e. The van der Waals surface area contributed by atoms with E-state index in [2.05, 4.69) is 46.3 Å². The molecule has 0 bridgehead atoms. The number of nitrogens with two attached hydrogens (primary N) is 6. The number of nitrogens with one attached hydrogen (secondary N) is 1. The van der Waals surface area contributed by atoms with Crippen molar-refractivity contribution in [3.05, 3.63) is 345 Å². The fraction of sp³-hybridized carbons (Fsp3) is 0.225. The van der Waals surface area contributed by atoms with Crippen LogP contribution in [0.3, 0.4) is 0 Å². The monoisotopic (exact) mass is 1850 g/mol. The first-order valence-electron chi connectivity index (χ1n) is 36.4. The summed E-state index contributed by atoms with van der Waals surface area (Å²) in [7, 11) is -11.4. The maximum atomic E-state index is 12.4. The van der Waals surface area contributed by atoms with E-state index in [0.717, 1.165) is 66.9 Å². The standard InChI is InChI=1S/C9H12N2O.C9H13NO.C9H12O3S.2C8H9ClO2S.C8H10N2O.C8H10N2.C8H11N.C8H10O2S.C7H6ClF.C7H8ClNO2S/c1-7-4-3-5-8(6-7)9(10)11-12-2;1-7-4-3-5-9(11-2)8(7)6-10;1-7-4-5-8(12-2)6-9(7)13(3,10)11;1-6-5-7(9)3-4-8(6)12(2,10)11;1-6-3-4-7(9)5-8(6)12(2,10)11;1-6-3-2-4-7(5-6)8(9)10-11;1-6-3-2-4-7(5-6)8(9)10;1-7-2-4-8(6-9)5-3-7;1-7-5-3-4-6-8(7)11(2,9)10;1-5-2-3-7(9)6(8)4-5;1-5-4-6(8)2-3-7(5)12(9,10)11/h3-6H,1-2H3,(H2,10,11);3-5H,6,10H2,1-2H3;4-6H,1-3H3;2*3-5H,1-2H3;2-5,11H,1H3,(H2,9,10);2-5H,1H3,(H3,9,10);2-5H,6,9H2,1H3;3-6H,1-2H3;2-4H,1H3;2-4H,1H3,(H2,9,10,11). The van der Waals surface area contributed by atoms with Crippen LogP contribution in [0.4, 0.5) is 4.39 Å². The first-order valence-corrected chi connectivity index (χ1v) is 47.0. The third-order valence-corrected chi connectivity index (χ3v) is 23.4. The number of rotatable bonds is 13. The summed E-state index contributed by atoms with van der Waals surface area (Å²) in [4.78, 5) is 6.06. The molecule has 0 amide bonds. The van der Waals surface area contributed by atoms with Crippen LogP contribution in [0.25, 0.3) is 0 Å². The van der Waals surface area contributed by atoms with E-state index in [1.165, 1.54) is 92.3 Å². The van der Waals surface area contributed by atoms with Crippen molar-refractivity contribution in [1.82, 2.24) is 0 Å². The lowest BCUT2D eigenvalue weighted by Gasteiger charge is -2.08. The van der Waals surface area contributed by atoms with Crippen LogP contribution in [0, 0.1) is 87.4 Å². The fourth-order valence-electron chi connectivity index (χ4n) is 10.1. The van der Waals surface area contributed by atoms with E-state index in [9.17, 15) is 46.5 Å². The highest BCUT2D eigenvalue weighted by molar-refractivity contribution is 7.91. The number of methoxy groups -OCH3 is 2. The zero-order valence-corrected chi connectivity index (χ0v) is 78.5. The van der Waals surface area contributed by atoms with Crippen molar-refractivity contribution in [1.29, 1.82) is 5.41 Å². The van der Waals surface area contributed by atoms with Gasteiger partial charge in [-0.2, -0.15) is 0 Å². The number of sulfonamides is 1. The number of sulfone groups is 4. The number of primary sulfonamides is 1. The molecule has 0 aliphatic heterocycles. The number of oxime groups is 2. The number of hydrogen-bond donors (Lipinski definition) is 8. The van der Waals surface area contributed by atoms with Crippen LogP contribution < -0.4 is 43.3 Å². The minimum Gasteiger partial charge on any atom is -0.497 e. The number of amidine groups is 3.